The monoisotopic (exact) mass is 297 g/mol. The quantitative estimate of drug-likeness (QED) is 0.636. The van der Waals surface area contributed by atoms with Crippen LogP contribution in [0.15, 0.2) is 24.3 Å². The van der Waals surface area contributed by atoms with E-state index in [0.29, 0.717) is 5.92 Å². The molecule has 0 heterocycles. The molecule has 1 rings (SSSR count). The summed E-state index contributed by atoms with van der Waals surface area (Å²) in [4.78, 5) is 0. The summed E-state index contributed by atoms with van der Waals surface area (Å²) in [6, 6.07) is 8.32. The van der Waals surface area contributed by atoms with Crippen molar-refractivity contribution in [2.45, 2.75) is 12.8 Å². The van der Waals surface area contributed by atoms with Crippen molar-refractivity contribution in [3.8, 4) is 5.75 Å². The molecular weight excluding hydrogens is 270 g/mol. The average molecular weight is 297 g/mol. The van der Waals surface area contributed by atoms with Gasteiger partial charge in [-0.05, 0) is 48.9 Å². The van der Waals surface area contributed by atoms with Crippen molar-refractivity contribution in [2.75, 3.05) is 45.9 Å². The van der Waals surface area contributed by atoms with E-state index in [1.54, 1.807) is 14.2 Å². The Labute approximate surface area is 127 Å². The van der Waals surface area contributed by atoms with Gasteiger partial charge in [-0.1, -0.05) is 18.2 Å². The Morgan fingerprint density at radius 2 is 2.05 bits per heavy atom. The second kappa shape index (κ2) is 11.0. The summed E-state index contributed by atoms with van der Waals surface area (Å²) in [6.45, 7) is 2.71. The molecule has 0 saturated carbocycles. The van der Waals surface area contributed by atoms with Gasteiger partial charge in [-0.3, -0.25) is 0 Å². The number of rotatable bonds is 11. The standard InChI is InChI=1S/C16H27NO2S/c1-18-10-9-17-13-14(8-11-20-3)12-15-6-4-5-7-16(15)19-2/h4-7,14,17H,8-13H2,1-3H3. The maximum absolute atomic E-state index is 5.45. The molecule has 4 heteroatoms. The van der Waals surface area contributed by atoms with Crippen molar-refractivity contribution >= 4 is 11.8 Å². The van der Waals surface area contributed by atoms with E-state index in [2.05, 4.69) is 23.7 Å². The van der Waals surface area contributed by atoms with Gasteiger partial charge in [0.1, 0.15) is 5.75 Å². The molecular formula is C16H27NO2S. The van der Waals surface area contributed by atoms with E-state index in [4.69, 9.17) is 9.47 Å². The molecule has 114 valence electrons. The van der Waals surface area contributed by atoms with E-state index in [1.165, 1.54) is 17.7 Å². The highest BCUT2D eigenvalue weighted by molar-refractivity contribution is 7.98. The summed E-state index contributed by atoms with van der Waals surface area (Å²) >= 11 is 1.91. The number of methoxy groups -OCH3 is 2. The van der Waals surface area contributed by atoms with Crippen LogP contribution in [-0.4, -0.2) is 45.9 Å². The summed E-state index contributed by atoms with van der Waals surface area (Å²) in [5.74, 6) is 2.83. The van der Waals surface area contributed by atoms with Crippen LogP contribution in [0.25, 0.3) is 0 Å². The highest BCUT2D eigenvalue weighted by Crippen LogP contribution is 2.22. The lowest BCUT2D eigenvalue weighted by Gasteiger charge is -2.19. The van der Waals surface area contributed by atoms with Gasteiger partial charge in [-0.2, -0.15) is 11.8 Å². The SMILES string of the molecule is COCCNCC(CCSC)Cc1ccccc1OC. The first-order valence-corrected chi connectivity index (χ1v) is 8.51. The third-order valence-corrected chi connectivity index (χ3v) is 3.99. The first-order valence-electron chi connectivity index (χ1n) is 7.12. The molecule has 0 saturated heterocycles. The molecule has 0 bridgehead atoms. The van der Waals surface area contributed by atoms with Gasteiger partial charge in [-0.15, -0.1) is 0 Å². The van der Waals surface area contributed by atoms with E-state index in [0.717, 1.165) is 31.9 Å². The maximum Gasteiger partial charge on any atom is 0.122 e. The van der Waals surface area contributed by atoms with E-state index < -0.39 is 0 Å². The summed E-state index contributed by atoms with van der Waals surface area (Å²) in [7, 11) is 3.48. The topological polar surface area (TPSA) is 30.5 Å². The molecule has 1 N–H and O–H groups in total. The Morgan fingerprint density at radius 1 is 1.25 bits per heavy atom. The fraction of sp³-hybridized carbons (Fsp3) is 0.625. The van der Waals surface area contributed by atoms with Gasteiger partial charge in [0.25, 0.3) is 0 Å². The Bertz CT molecular complexity index is 360. The highest BCUT2D eigenvalue weighted by Gasteiger charge is 2.12. The van der Waals surface area contributed by atoms with Gasteiger partial charge in [0, 0.05) is 13.7 Å². The maximum atomic E-state index is 5.45. The van der Waals surface area contributed by atoms with Crippen molar-refractivity contribution < 1.29 is 9.47 Å². The van der Waals surface area contributed by atoms with Crippen LogP contribution < -0.4 is 10.1 Å². The summed E-state index contributed by atoms with van der Waals surface area (Å²) in [5.41, 5.74) is 1.30. The molecule has 1 aromatic carbocycles. The number of para-hydroxylation sites is 1. The summed E-state index contributed by atoms with van der Waals surface area (Å²) in [5, 5.41) is 3.48. The first kappa shape index (κ1) is 17.3. The molecule has 0 aromatic heterocycles. The molecule has 1 atom stereocenters. The van der Waals surface area contributed by atoms with E-state index in [-0.39, 0.29) is 0 Å². The van der Waals surface area contributed by atoms with E-state index in [9.17, 15) is 0 Å². The van der Waals surface area contributed by atoms with Crippen molar-refractivity contribution in [2.24, 2.45) is 5.92 Å². The minimum atomic E-state index is 0.635. The van der Waals surface area contributed by atoms with E-state index in [1.807, 2.05) is 23.9 Å². The number of benzene rings is 1. The minimum absolute atomic E-state index is 0.635. The highest BCUT2D eigenvalue weighted by atomic mass is 32.2. The third-order valence-electron chi connectivity index (χ3n) is 3.35. The molecule has 0 radical (unpaired) electrons. The molecule has 0 fully saturated rings. The van der Waals surface area contributed by atoms with Crippen LogP contribution in [0.2, 0.25) is 0 Å². The largest absolute Gasteiger partial charge is 0.496 e. The fourth-order valence-corrected chi connectivity index (χ4v) is 2.79. The second-order valence-corrected chi connectivity index (χ2v) is 5.85. The molecule has 3 nitrogen and oxygen atoms in total. The van der Waals surface area contributed by atoms with Gasteiger partial charge >= 0.3 is 0 Å². The molecule has 0 amide bonds. The number of thioether (sulfide) groups is 1. The predicted octanol–water partition coefficient (Wildman–Crippen LogP) is 2.84. The van der Waals surface area contributed by atoms with Crippen LogP contribution in [0.4, 0.5) is 0 Å². The number of ether oxygens (including phenoxy) is 2. The lowest BCUT2D eigenvalue weighted by molar-refractivity contribution is 0.197. The molecule has 0 spiro atoms. The summed E-state index contributed by atoms with van der Waals surface area (Å²) in [6.07, 6.45) is 4.45. The predicted molar refractivity (Wildman–Crippen MR) is 87.9 cm³/mol. The molecule has 1 aromatic rings. The molecule has 0 aliphatic heterocycles. The molecule has 0 aliphatic carbocycles. The Kier molecular flexibility index (Phi) is 9.54. The number of nitrogens with one attached hydrogen (secondary N) is 1. The summed E-state index contributed by atoms with van der Waals surface area (Å²) < 4.78 is 10.5. The smallest absolute Gasteiger partial charge is 0.122 e. The van der Waals surface area contributed by atoms with Crippen LogP contribution in [-0.2, 0) is 11.2 Å². The van der Waals surface area contributed by atoms with Crippen LogP contribution >= 0.6 is 11.8 Å². The van der Waals surface area contributed by atoms with Gasteiger partial charge in [-0.25, -0.2) is 0 Å². The van der Waals surface area contributed by atoms with E-state index >= 15 is 0 Å². The third kappa shape index (κ3) is 6.64. The zero-order chi connectivity index (χ0) is 14.6. The lowest BCUT2D eigenvalue weighted by atomic mass is 9.96. The van der Waals surface area contributed by atoms with Crippen molar-refractivity contribution in [3.05, 3.63) is 29.8 Å². The Morgan fingerprint density at radius 3 is 2.75 bits per heavy atom. The van der Waals surface area contributed by atoms with Crippen molar-refractivity contribution in [1.29, 1.82) is 0 Å². The molecule has 1 unspecified atom stereocenters. The zero-order valence-corrected chi connectivity index (χ0v) is 13.7. The second-order valence-electron chi connectivity index (χ2n) is 4.86. The molecule has 0 aliphatic rings. The first-order chi connectivity index (χ1) is 9.81. The Hall–Kier alpha value is -0.710. The fourth-order valence-electron chi connectivity index (χ4n) is 2.22. The zero-order valence-electron chi connectivity index (χ0n) is 12.9. The van der Waals surface area contributed by atoms with Gasteiger partial charge in [0.15, 0.2) is 0 Å². The normalized spacial score (nSPS) is 12.3. The van der Waals surface area contributed by atoms with Gasteiger partial charge in [0.2, 0.25) is 0 Å². The van der Waals surface area contributed by atoms with Crippen LogP contribution in [0.1, 0.15) is 12.0 Å². The van der Waals surface area contributed by atoms with Crippen LogP contribution in [0.5, 0.6) is 5.75 Å². The minimum Gasteiger partial charge on any atom is -0.496 e. The van der Waals surface area contributed by atoms with Crippen LogP contribution in [0, 0.1) is 5.92 Å². The van der Waals surface area contributed by atoms with Crippen LogP contribution in [0.3, 0.4) is 0 Å². The molecule has 20 heavy (non-hydrogen) atoms. The average Bonchev–Trinajstić information content (AvgIpc) is 2.49. The van der Waals surface area contributed by atoms with Gasteiger partial charge < -0.3 is 14.8 Å². The van der Waals surface area contributed by atoms with Crippen molar-refractivity contribution in [1.82, 2.24) is 5.32 Å². The Balaban J connectivity index is 2.53. The van der Waals surface area contributed by atoms with Crippen molar-refractivity contribution in [3.63, 3.8) is 0 Å². The number of hydrogen-bond acceptors (Lipinski definition) is 4. The lowest BCUT2D eigenvalue weighted by Crippen LogP contribution is -2.27. The number of hydrogen-bond donors (Lipinski definition) is 1. The van der Waals surface area contributed by atoms with Gasteiger partial charge in [0.05, 0.1) is 13.7 Å².